The molecule has 0 bridgehead atoms. The van der Waals surface area contributed by atoms with Crippen molar-refractivity contribution in [1.82, 2.24) is 4.72 Å². The van der Waals surface area contributed by atoms with Crippen LogP contribution in [-0.4, -0.2) is 15.0 Å². The molecular weight excluding hydrogens is 257 g/mol. The van der Waals surface area contributed by atoms with Crippen LogP contribution in [0.5, 0.6) is 0 Å². The van der Waals surface area contributed by atoms with Crippen LogP contribution in [0.4, 0.5) is 10.1 Å². The van der Waals surface area contributed by atoms with Gasteiger partial charge in [-0.1, -0.05) is 19.9 Å². The van der Waals surface area contributed by atoms with Crippen LogP contribution >= 0.6 is 0 Å². The number of hydrogen-bond donors (Lipinski definition) is 2. The van der Waals surface area contributed by atoms with Crippen LogP contribution in [0.2, 0.25) is 0 Å². The molecule has 0 heterocycles. The van der Waals surface area contributed by atoms with Crippen LogP contribution in [0, 0.1) is 23.1 Å². The molecule has 0 atom stereocenters. The Morgan fingerprint density at radius 2 is 2.11 bits per heavy atom. The molecule has 7 heteroatoms. The minimum Gasteiger partial charge on any atom is -0.270 e. The minimum atomic E-state index is -3.80. The molecule has 1 aromatic rings. The quantitative estimate of drug-likeness (QED) is 0.853. The van der Waals surface area contributed by atoms with Crippen molar-refractivity contribution in [3.8, 4) is 6.07 Å². The zero-order valence-electron chi connectivity index (χ0n) is 10.1. The largest absolute Gasteiger partial charge is 0.299 e. The number of halogens is 1. The molecule has 18 heavy (non-hydrogen) atoms. The number of rotatable bonds is 5. The molecule has 0 aromatic heterocycles. The van der Waals surface area contributed by atoms with Gasteiger partial charge in [0.05, 0.1) is 5.69 Å². The van der Waals surface area contributed by atoms with Crippen molar-refractivity contribution < 1.29 is 12.8 Å². The van der Waals surface area contributed by atoms with Crippen LogP contribution in [0.15, 0.2) is 18.2 Å². The number of nitriles is 1. The molecule has 0 amide bonds. The first-order chi connectivity index (χ1) is 8.35. The summed E-state index contributed by atoms with van der Waals surface area (Å²) in [7, 11) is -3.80. The van der Waals surface area contributed by atoms with Gasteiger partial charge in [-0.05, 0) is 18.1 Å². The third-order valence-electron chi connectivity index (χ3n) is 2.05. The minimum absolute atomic E-state index is 0.0752. The highest BCUT2D eigenvalue weighted by Crippen LogP contribution is 2.18. The highest BCUT2D eigenvalue weighted by molar-refractivity contribution is 7.90. The first-order valence-corrected chi connectivity index (χ1v) is 6.80. The van der Waals surface area contributed by atoms with Crippen molar-refractivity contribution in [1.29, 1.82) is 5.26 Å². The van der Waals surface area contributed by atoms with Crippen LogP contribution in [0.25, 0.3) is 0 Å². The summed E-state index contributed by atoms with van der Waals surface area (Å²) in [5, 5.41) is 8.77. The molecule has 0 aliphatic rings. The maximum absolute atomic E-state index is 13.3. The standard InChI is InChI=1S/C11H14FN3O2S/c1-8(2)7-14-18(16,17)15-11-5-3-4-10(12)9(11)6-13/h3-5,8,14-15H,7H2,1-2H3. The number of nitrogens with one attached hydrogen (secondary N) is 2. The van der Waals surface area contributed by atoms with Crippen molar-refractivity contribution in [2.45, 2.75) is 13.8 Å². The summed E-state index contributed by atoms with van der Waals surface area (Å²) in [5.41, 5.74) is -0.402. The number of nitrogens with zero attached hydrogens (tertiary/aromatic N) is 1. The Morgan fingerprint density at radius 3 is 2.67 bits per heavy atom. The fourth-order valence-corrected chi connectivity index (χ4v) is 2.26. The normalized spacial score (nSPS) is 11.3. The van der Waals surface area contributed by atoms with E-state index in [1.807, 2.05) is 13.8 Å². The maximum atomic E-state index is 13.3. The van der Waals surface area contributed by atoms with Gasteiger partial charge < -0.3 is 0 Å². The molecule has 0 aliphatic heterocycles. The van der Waals surface area contributed by atoms with E-state index < -0.39 is 16.0 Å². The van der Waals surface area contributed by atoms with Gasteiger partial charge >= 0.3 is 0 Å². The Morgan fingerprint density at radius 1 is 1.44 bits per heavy atom. The van der Waals surface area contributed by atoms with Gasteiger partial charge in [-0.25, -0.2) is 4.39 Å². The second-order valence-electron chi connectivity index (χ2n) is 4.12. The first kappa shape index (κ1) is 14.4. The van der Waals surface area contributed by atoms with Gasteiger partial charge in [-0.15, -0.1) is 0 Å². The predicted molar refractivity (Wildman–Crippen MR) is 66.5 cm³/mol. The molecule has 98 valence electrons. The van der Waals surface area contributed by atoms with E-state index in [9.17, 15) is 12.8 Å². The van der Waals surface area contributed by atoms with E-state index in [1.165, 1.54) is 12.1 Å². The molecular formula is C11H14FN3O2S. The zero-order chi connectivity index (χ0) is 13.8. The van der Waals surface area contributed by atoms with Gasteiger partial charge in [0, 0.05) is 6.54 Å². The average Bonchev–Trinajstić information content (AvgIpc) is 2.26. The lowest BCUT2D eigenvalue weighted by molar-refractivity contribution is 0.565. The van der Waals surface area contributed by atoms with Gasteiger partial charge in [0.1, 0.15) is 17.4 Å². The summed E-state index contributed by atoms with van der Waals surface area (Å²) in [5.74, 6) is -0.619. The fourth-order valence-electron chi connectivity index (χ4n) is 1.18. The Bertz CT molecular complexity index is 564. The first-order valence-electron chi connectivity index (χ1n) is 5.31. The molecule has 2 N–H and O–H groups in total. The van der Waals surface area contributed by atoms with Crippen molar-refractivity contribution in [3.63, 3.8) is 0 Å². The van der Waals surface area contributed by atoms with E-state index in [0.29, 0.717) is 0 Å². The summed E-state index contributed by atoms with van der Waals surface area (Å²) >= 11 is 0. The summed E-state index contributed by atoms with van der Waals surface area (Å²) in [6.45, 7) is 3.96. The lowest BCUT2D eigenvalue weighted by Crippen LogP contribution is -2.33. The smallest absolute Gasteiger partial charge is 0.270 e. The molecule has 0 saturated heterocycles. The Labute approximate surface area is 106 Å². The molecule has 0 aliphatic carbocycles. The average molecular weight is 271 g/mol. The van der Waals surface area contributed by atoms with Crippen molar-refractivity contribution in [2.75, 3.05) is 11.3 Å². The van der Waals surface area contributed by atoms with E-state index in [4.69, 9.17) is 5.26 Å². The maximum Gasteiger partial charge on any atom is 0.299 e. The van der Waals surface area contributed by atoms with Crippen molar-refractivity contribution in [2.24, 2.45) is 5.92 Å². The predicted octanol–water partition coefficient (Wildman–Crippen LogP) is 1.60. The van der Waals surface area contributed by atoms with Crippen LogP contribution in [0.1, 0.15) is 19.4 Å². The topological polar surface area (TPSA) is 82.0 Å². The van der Waals surface area contributed by atoms with E-state index in [0.717, 1.165) is 6.07 Å². The van der Waals surface area contributed by atoms with E-state index >= 15 is 0 Å². The fraction of sp³-hybridized carbons (Fsp3) is 0.364. The summed E-state index contributed by atoms with van der Waals surface area (Å²) in [6, 6.07) is 5.38. The van der Waals surface area contributed by atoms with Gasteiger partial charge in [0.15, 0.2) is 0 Å². The molecule has 1 aromatic carbocycles. The van der Waals surface area contributed by atoms with Gasteiger partial charge in [0.25, 0.3) is 10.2 Å². The molecule has 0 spiro atoms. The molecule has 0 radical (unpaired) electrons. The van der Waals surface area contributed by atoms with Gasteiger partial charge in [-0.3, -0.25) is 4.72 Å². The van der Waals surface area contributed by atoms with Crippen LogP contribution in [0.3, 0.4) is 0 Å². The van der Waals surface area contributed by atoms with Crippen LogP contribution in [-0.2, 0) is 10.2 Å². The van der Waals surface area contributed by atoms with E-state index in [2.05, 4.69) is 9.44 Å². The van der Waals surface area contributed by atoms with E-state index in [1.54, 1.807) is 6.07 Å². The zero-order valence-corrected chi connectivity index (χ0v) is 10.9. The van der Waals surface area contributed by atoms with Crippen LogP contribution < -0.4 is 9.44 Å². The SMILES string of the molecule is CC(C)CNS(=O)(=O)Nc1cccc(F)c1C#N. The Balaban J connectivity index is 2.92. The highest BCUT2D eigenvalue weighted by Gasteiger charge is 2.14. The highest BCUT2D eigenvalue weighted by atomic mass is 32.2. The number of benzene rings is 1. The Hall–Kier alpha value is -1.65. The van der Waals surface area contributed by atoms with E-state index in [-0.39, 0.29) is 23.7 Å². The second-order valence-corrected chi connectivity index (χ2v) is 5.62. The summed E-state index contributed by atoms with van der Waals surface area (Å²) in [6.07, 6.45) is 0. The second kappa shape index (κ2) is 5.80. The lowest BCUT2D eigenvalue weighted by atomic mass is 10.2. The van der Waals surface area contributed by atoms with Crippen molar-refractivity contribution in [3.05, 3.63) is 29.6 Å². The van der Waals surface area contributed by atoms with Crippen molar-refractivity contribution >= 4 is 15.9 Å². The lowest BCUT2D eigenvalue weighted by Gasteiger charge is -2.11. The van der Waals surface area contributed by atoms with Gasteiger partial charge in [0.2, 0.25) is 0 Å². The molecule has 0 saturated carbocycles. The number of hydrogen-bond acceptors (Lipinski definition) is 3. The van der Waals surface area contributed by atoms with Gasteiger partial charge in [-0.2, -0.15) is 18.4 Å². The summed E-state index contributed by atoms with van der Waals surface area (Å²) in [4.78, 5) is 0. The molecule has 0 unspecified atom stereocenters. The third-order valence-corrected chi connectivity index (χ3v) is 3.09. The monoisotopic (exact) mass is 271 g/mol. The molecule has 0 fully saturated rings. The number of anilines is 1. The molecule has 1 rings (SSSR count). The third kappa shape index (κ3) is 3.98. The Kier molecular flexibility index (Phi) is 4.64. The summed E-state index contributed by atoms with van der Waals surface area (Å²) < 4.78 is 41.0. The molecule has 5 nitrogen and oxygen atoms in total.